The van der Waals surface area contributed by atoms with Gasteiger partial charge < -0.3 is 11.1 Å². The van der Waals surface area contributed by atoms with Crippen LogP contribution in [0.1, 0.15) is 24.0 Å². The van der Waals surface area contributed by atoms with Crippen molar-refractivity contribution < 1.29 is 0 Å². The third-order valence-corrected chi connectivity index (χ3v) is 2.30. The number of rotatable bonds is 3. The second-order valence-corrected chi connectivity index (χ2v) is 3.71. The summed E-state index contributed by atoms with van der Waals surface area (Å²) >= 11 is 0. The van der Waals surface area contributed by atoms with Gasteiger partial charge in [-0.25, -0.2) is 4.98 Å². The van der Waals surface area contributed by atoms with Crippen molar-refractivity contribution in [2.75, 3.05) is 5.73 Å². The Kier molecular flexibility index (Phi) is 2.19. The number of hydrogen-bond acceptors (Lipinski definition) is 3. The molecule has 0 unspecified atom stereocenters. The van der Waals surface area contributed by atoms with E-state index in [0.29, 0.717) is 5.82 Å². The van der Waals surface area contributed by atoms with Gasteiger partial charge in [-0.15, -0.1) is 0 Å². The zero-order valence-corrected chi connectivity index (χ0v) is 7.88. The molecule has 1 fully saturated rings. The van der Waals surface area contributed by atoms with E-state index >= 15 is 0 Å². The maximum atomic E-state index is 5.74. The molecule has 3 nitrogen and oxygen atoms in total. The minimum Gasteiger partial charge on any atom is -0.383 e. The summed E-state index contributed by atoms with van der Waals surface area (Å²) in [6.07, 6.45) is 4.41. The minimum absolute atomic E-state index is 0.652. The zero-order valence-electron chi connectivity index (χ0n) is 7.88. The first-order valence-electron chi connectivity index (χ1n) is 4.70. The number of aryl methyl sites for hydroxylation is 1. The Morgan fingerprint density at radius 1 is 1.62 bits per heavy atom. The number of nitrogen functional groups attached to an aromatic ring is 1. The highest BCUT2D eigenvalue weighted by atomic mass is 15.0. The molecule has 70 valence electrons. The molecule has 1 saturated carbocycles. The first kappa shape index (κ1) is 8.51. The lowest BCUT2D eigenvalue weighted by Gasteiger charge is -2.06. The van der Waals surface area contributed by atoms with E-state index in [1.165, 1.54) is 18.4 Å². The van der Waals surface area contributed by atoms with Crippen molar-refractivity contribution >= 4 is 5.82 Å². The predicted octanol–water partition coefficient (Wildman–Crippen LogP) is 1.22. The normalized spacial score (nSPS) is 16.1. The molecule has 1 aromatic rings. The van der Waals surface area contributed by atoms with Crippen molar-refractivity contribution in [3.8, 4) is 0 Å². The van der Waals surface area contributed by atoms with Crippen LogP contribution in [0.4, 0.5) is 5.82 Å². The summed E-state index contributed by atoms with van der Waals surface area (Å²) in [6.45, 7) is 2.89. The molecule has 1 aromatic heterocycles. The fourth-order valence-corrected chi connectivity index (χ4v) is 1.32. The Bertz CT molecular complexity index is 305. The van der Waals surface area contributed by atoms with Gasteiger partial charge in [-0.3, -0.25) is 0 Å². The molecule has 0 bridgehead atoms. The highest BCUT2D eigenvalue weighted by Crippen LogP contribution is 2.20. The minimum atomic E-state index is 0.652. The number of anilines is 1. The smallest absolute Gasteiger partial charge is 0.127 e. The van der Waals surface area contributed by atoms with Gasteiger partial charge in [-0.05, 0) is 31.4 Å². The van der Waals surface area contributed by atoms with Gasteiger partial charge >= 0.3 is 0 Å². The van der Waals surface area contributed by atoms with Crippen LogP contribution in [-0.4, -0.2) is 11.0 Å². The molecule has 1 aliphatic carbocycles. The van der Waals surface area contributed by atoms with Gasteiger partial charge in [0.25, 0.3) is 0 Å². The summed E-state index contributed by atoms with van der Waals surface area (Å²) in [7, 11) is 0. The molecule has 3 N–H and O–H groups in total. The van der Waals surface area contributed by atoms with E-state index in [4.69, 9.17) is 5.73 Å². The fourth-order valence-electron chi connectivity index (χ4n) is 1.32. The Labute approximate surface area is 78.4 Å². The molecular weight excluding hydrogens is 162 g/mol. The van der Waals surface area contributed by atoms with Crippen LogP contribution in [0, 0.1) is 6.92 Å². The second-order valence-electron chi connectivity index (χ2n) is 3.71. The average molecular weight is 177 g/mol. The van der Waals surface area contributed by atoms with Crippen LogP contribution >= 0.6 is 0 Å². The van der Waals surface area contributed by atoms with E-state index in [2.05, 4.69) is 16.4 Å². The lowest BCUT2D eigenvalue weighted by Crippen LogP contribution is -2.16. The molecule has 3 heteroatoms. The van der Waals surface area contributed by atoms with E-state index in [1.54, 1.807) is 6.20 Å². The van der Waals surface area contributed by atoms with Crippen molar-refractivity contribution in [2.45, 2.75) is 32.4 Å². The maximum absolute atomic E-state index is 5.74. The first-order valence-corrected chi connectivity index (χ1v) is 4.70. The maximum Gasteiger partial charge on any atom is 0.127 e. The lowest BCUT2D eigenvalue weighted by molar-refractivity contribution is 0.687. The van der Waals surface area contributed by atoms with Gasteiger partial charge in [0, 0.05) is 24.3 Å². The van der Waals surface area contributed by atoms with Crippen LogP contribution in [0.5, 0.6) is 0 Å². The highest BCUT2D eigenvalue weighted by Gasteiger charge is 2.20. The van der Waals surface area contributed by atoms with Crippen LogP contribution in [0.2, 0.25) is 0 Å². The van der Waals surface area contributed by atoms with E-state index in [1.807, 2.05) is 6.92 Å². The van der Waals surface area contributed by atoms with Crippen LogP contribution in [0.15, 0.2) is 12.3 Å². The van der Waals surface area contributed by atoms with Crippen molar-refractivity contribution in [1.82, 2.24) is 10.3 Å². The van der Waals surface area contributed by atoms with Gasteiger partial charge in [0.05, 0.1) is 0 Å². The van der Waals surface area contributed by atoms with Crippen molar-refractivity contribution in [2.24, 2.45) is 0 Å². The van der Waals surface area contributed by atoms with E-state index in [9.17, 15) is 0 Å². The first-order chi connectivity index (χ1) is 6.25. The van der Waals surface area contributed by atoms with Crippen molar-refractivity contribution in [3.63, 3.8) is 0 Å². The SMILES string of the molecule is Cc1cnc(N)c(CNC2CC2)c1. The van der Waals surface area contributed by atoms with E-state index < -0.39 is 0 Å². The molecular formula is C10H15N3. The molecule has 0 amide bonds. The van der Waals surface area contributed by atoms with Crippen LogP contribution in [-0.2, 0) is 6.54 Å². The summed E-state index contributed by atoms with van der Waals surface area (Å²) in [5.41, 5.74) is 8.03. The predicted molar refractivity (Wildman–Crippen MR) is 53.2 cm³/mol. The van der Waals surface area contributed by atoms with Crippen molar-refractivity contribution in [3.05, 3.63) is 23.4 Å². The Morgan fingerprint density at radius 2 is 2.38 bits per heavy atom. The average Bonchev–Trinajstić information content (AvgIpc) is 2.90. The number of nitrogens with two attached hydrogens (primary N) is 1. The summed E-state index contributed by atoms with van der Waals surface area (Å²) < 4.78 is 0. The molecule has 0 aromatic carbocycles. The third kappa shape index (κ3) is 2.18. The number of aromatic nitrogens is 1. The third-order valence-electron chi connectivity index (χ3n) is 2.30. The van der Waals surface area contributed by atoms with Crippen molar-refractivity contribution in [1.29, 1.82) is 0 Å². The fraction of sp³-hybridized carbons (Fsp3) is 0.500. The highest BCUT2D eigenvalue weighted by molar-refractivity contribution is 5.40. The Hall–Kier alpha value is -1.09. The molecule has 0 saturated heterocycles. The summed E-state index contributed by atoms with van der Waals surface area (Å²) in [5, 5.41) is 3.42. The van der Waals surface area contributed by atoms with Crippen LogP contribution in [0.25, 0.3) is 0 Å². The van der Waals surface area contributed by atoms with Gasteiger partial charge in [-0.1, -0.05) is 0 Å². The van der Waals surface area contributed by atoms with Crippen LogP contribution in [0.3, 0.4) is 0 Å². The van der Waals surface area contributed by atoms with Crippen LogP contribution < -0.4 is 11.1 Å². The van der Waals surface area contributed by atoms with E-state index in [-0.39, 0.29) is 0 Å². The monoisotopic (exact) mass is 177 g/mol. The van der Waals surface area contributed by atoms with Gasteiger partial charge in [-0.2, -0.15) is 0 Å². The molecule has 13 heavy (non-hydrogen) atoms. The molecule has 1 heterocycles. The second kappa shape index (κ2) is 3.34. The summed E-state index contributed by atoms with van der Waals surface area (Å²) in [6, 6.07) is 2.82. The molecule has 0 radical (unpaired) electrons. The standard InChI is InChI=1S/C10H15N3/c1-7-4-8(10(11)13-5-7)6-12-9-2-3-9/h4-5,9,12H,2-3,6H2,1H3,(H2,11,13). The topological polar surface area (TPSA) is 50.9 Å². The largest absolute Gasteiger partial charge is 0.383 e. The Balaban J connectivity index is 2.03. The van der Waals surface area contributed by atoms with Gasteiger partial charge in [0.2, 0.25) is 0 Å². The zero-order chi connectivity index (χ0) is 9.26. The molecule has 2 rings (SSSR count). The molecule has 0 aliphatic heterocycles. The van der Waals surface area contributed by atoms with Gasteiger partial charge in [0.1, 0.15) is 5.82 Å². The number of nitrogens with zero attached hydrogens (tertiary/aromatic N) is 1. The summed E-state index contributed by atoms with van der Waals surface area (Å²) in [5.74, 6) is 0.652. The number of nitrogens with one attached hydrogen (secondary N) is 1. The Morgan fingerprint density at radius 3 is 3.08 bits per heavy atom. The number of hydrogen-bond donors (Lipinski definition) is 2. The lowest BCUT2D eigenvalue weighted by atomic mass is 10.2. The quantitative estimate of drug-likeness (QED) is 0.730. The summed E-state index contributed by atoms with van der Waals surface area (Å²) in [4.78, 5) is 4.11. The van der Waals surface area contributed by atoms with Gasteiger partial charge in [0.15, 0.2) is 0 Å². The molecule has 0 spiro atoms. The number of pyridine rings is 1. The molecule has 0 atom stereocenters. The van der Waals surface area contributed by atoms with E-state index in [0.717, 1.165) is 18.2 Å². The molecule has 1 aliphatic rings.